The molecule has 76 valence electrons. The second-order valence-corrected chi connectivity index (χ2v) is 2.91. The molecule has 0 aliphatic rings. The molecule has 0 fully saturated rings. The van der Waals surface area contributed by atoms with E-state index in [0.717, 1.165) is 0 Å². The molecular weight excluding hydrogens is 218 g/mol. The molecule has 0 radical (unpaired) electrons. The Morgan fingerprint density at radius 3 is 3.27 bits per heavy atom. The summed E-state index contributed by atoms with van der Waals surface area (Å²) in [6, 6.07) is 0. The van der Waals surface area contributed by atoms with Crippen LogP contribution in [0, 0.1) is 12.3 Å². The number of aromatic amines is 1. The highest BCUT2D eigenvalue weighted by atomic mass is 35.5. The molecule has 0 spiro atoms. The third-order valence-electron chi connectivity index (χ3n) is 1.61. The van der Waals surface area contributed by atoms with Gasteiger partial charge in [0.15, 0.2) is 11.5 Å². The molecule has 0 atom stereocenters. The first-order valence-electron chi connectivity index (χ1n) is 3.99. The molecular formula is C8H6ClN5O. The van der Waals surface area contributed by atoms with E-state index in [2.05, 4.69) is 31.6 Å². The van der Waals surface area contributed by atoms with E-state index in [1.54, 1.807) is 6.20 Å². The quantitative estimate of drug-likeness (QED) is 0.351. The maximum atomic E-state index is 5.69. The van der Waals surface area contributed by atoms with Crippen LogP contribution in [0.4, 0.5) is 5.82 Å². The molecule has 0 bridgehead atoms. The van der Waals surface area contributed by atoms with Crippen LogP contribution < -0.4 is 5.48 Å². The van der Waals surface area contributed by atoms with Crippen LogP contribution >= 0.6 is 11.6 Å². The van der Waals surface area contributed by atoms with E-state index in [-0.39, 0.29) is 11.9 Å². The van der Waals surface area contributed by atoms with Gasteiger partial charge in [-0.1, -0.05) is 5.92 Å². The number of aromatic nitrogens is 4. The average molecular weight is 224 g/mol. The first kappa shape index (κ1) is 9.71. The number of H-pyrrole nitrogens is 1. The summed E-state index contributed by atoms with van der Waals surface area (Å²) in [6.45, 7) is 0.126. The lowest BCUT2D eigenvalue weighted by molar-refractivity contribution is 0.233. The van der Waals surface area contributed by atoms with E-state index >= 15 is 0 Å². The summed E-state index contributed by atoms with van der Waals surface area (Å²) in [4.78, 5) is 12.8. The zero-order chi connectivity index (χ0) is 10.7. The molecule has 2 rings (SSSR count). The first-order valence-corrected chi connectivity index (χ1v) is 4.37. The largest absolute Gasteiger partial charge is 0.262 e. The Hall–Kier alpha value is -1.84. The van der Waals surface area contributed by atoms with Crippen LogP contribution in [0.5, 0.6) is 0 Å². The molecule has 0 unspecified atom stereocenters. The Bertz CT molecular complexity index is 517. The van der Waals surface area contributed by atoms with Gasteiger partial charge in [0.2, 0.25) is 5.28 Å². The van der Waals surface area contributed by atoms with Crippen molar-refractivity contribution in [3.8, 4) is 12.3 Å². The van der Waals surface area contributed by atoms with E-state index in [9.17, 15) is 0 Å². The Labute approximate surface area is 90.0 Å². The van der Waals surface area contributed by atoms with Gasteiger partial charge in [0.05, 0.1) is 11.6 Å². The normalized spacial score (nSPS) is 10.1. The van der Waals surface area contributed by atoms with E-state index in [0.29, 0.717) is 16.9 Å². The van der Waals surface area contributed by atoms with Crippen molar-refractivity contribution in [2.75, 3.05) is 12.1 Å². The van der Waals surface area contributed by atoms with Crippen LogP contribution in [-0.4, -0.2) is 26.8 Å². The van der Waals surface area contributed by atoms with Gasteiger partial charge in [0.1, 0.15) is 6.61 Å². The Balaban J connectivity index is 2.32. The van der Waals surface area contributed by atoms with E-state index < -0.39 is 0 Å². The van der Waals surface area contributed by atoms with Crippen LogP contribution in [0.3, 0.4) is 0 Å². The zero-order valence-corrected chi connectivity index (χ0v) is 8.25. The van der Waals surface area contributed by atoms with Crippen molar-refractivity contribution in [1.29, 1.82) is 0 Å². The van der Waals surface area contributed by atoms with Crippen LogP contribution in [0.15, 0.2) is 6.20 Å². The maximum absolute atomic E-state index is 5.69. The van der Waals surface area contributed by atoms with Crippen molar-refractivity contribution < 1.29 is 4.84 Å². The van der Waals surface area contributed by atoms with Gasteiger partial charge >= 0.3 is 0 Å². The van der Waals surface area contributed by atoms with Gasteiger partial charge in [-0.25, -0.2) is 5.48 Å². The SMILES string of the molecule is C#CCONc1nc(Cl)nc2[nH]ncc12. The number of terminal acetylenes is 1. The lowest BCUT2D eigenvalue weighted by Gasteiger charge is -2.03. The van der Waals surface area contributed by atoms with Gasteiger partial charge in [-0.3, -0.25) is 9.94 Å². The fourth-order valence-electron chi connectivity index (χ4n) is 1.03. The fourth-order valence-corrected chi connectivity index (χ4v) is 1.20. The van der Waals surface area contributed by atoms with Crippen LogP contribution in [0.2, 0.25) is 5.28 Å². The predicted octanol–water partition coefficient (Wildman–Crippen LogP) is 0.983. The van der Waals surface area contributed by atoms with Crippen LogP contribution in [0.25, 0.3) is 11.0 Å². The summed E-state index contributed by atoms with van der Waals surface area (Å²) in [5.41, 5.74) is 3.11. The molecule has 15 heavy (non-hydrogen) atoms. The van der Waals surface area contributed by atoms with Gasteiger partial charge in [-0.2, -0.15) is 15.1 Å². The molecule has 0 saturated heterocycles. The first-order chi connectivity index (χ1) is 7.31. The van der Waals surface area contributed by atoms with Crippen LogP contribution in [0.1, 0.15) is 0 Å². The Morgan fingerprint density at radius 2 is 2.47 bits per heavy atom. The summed E-state index contributed by atoms with van der Waals surface area (Å²) in [7, 11) is 0. The summed E-state index contributed by atoms with van der Waals surface area (Å²) in [5.74, 6) is 2.73. The molecule has 2 heterocycles. The molecule has 2 aromatic heterocycles. The third-order valence-corrected chi connectivity index (χ3v) is 1.78. The number of hydrogen-bond acceptors (Lipinski definition) is 5. The maximum Gasteiger partial charge on any atom is 0.226 e. The smallest absolute Gasteiger partial charge is 0.226 e. The topological polar surface area (TPSA) is 75.7 Å². The van der Waals surface area contributed by atoms with E-state index in [4.69, 9.17) is 22.9 Å². The third kappa shape index (κ3) is 1.98. The molecule has 0 saturated carbocycles. The summed E-state index contributed by atoms with van der Waals surface area (Å²) in [5, 5.41) is 7.25. The molecule has 2 N–H and O–H groups in total. The van der Waals surface area contributed by atoms with Crippen molar-refractivity contribution in [2.24, 2.45) is 0 Å². The van der Waals surface area contributed by atoms with Crippen molar-refractivity contribution >= 4 is 28.5 Å². The van der Waals surface area contributed by atoms with E-state index in [1.165, 1.54) is 0 Å². The average Bonchev–Trinajstić information content (AvgIpc) is 2.65. The molecule has 2 aromatic rings. The molecule has 0 aromatic carbocycles. The summed E-state index contributed by atoms with van der Waals surface area (Å²) >= 11 is 5.69. The van der Waals surface area contributed by atoms with Gasteiger partial charge < -0.3 is 0 Å². The monoisotopic (exact) mass is 223 g/mol. The van der Waals surface area contributed by atoms with Gasteiger partial charge in [-0.15, -0.1) is 6.42 Å². The van der Waals surface area contributed by atoms with Crippen molar-refractivity contribution in [3.63, 3.8) is 0 Å². The summed E-state index contributed by atoms with van der Waals surface area (Å²) in [6.07, 6.45) is 6.59. The molecule has 0 aliphatic heterocycles. The second-order valence-electron chi connectivity index (χ2n) is 2.57. The van der Waals surface area contributed by atoms with Crippen molar-refractivity contribution in [3.05, 3.63) is 11.5 Å². The number of rotatable bonds is 3. The minimum Gasteiger partial charge on any atom is -0.262 e. The van der Waals surface area contributed by atoms with Gasteiger partial charge in [-0.05, 0) is 11.6 Å². The molecule has 0 aliphatic carbocycles. The highest BCUT2D eigenvalue weighted by Gasteiger charge is 2.07. The number of hydrogen-bond donors (Lipinski definition) is 2. The number of halogens is 1. The van der Waals surface area contributed by atoms with Crippen molar-refractivity contribution in [1.82, 2.24) is 20.2 Å². The van der Waals surface area contributed by atoms with Crippen LogP contribution in [-0.2, 0) is 4.84 Å². The fraction of sp³-hybridized carbons (Fsp3) is 0.125. The molecule has 7 heteroatoms. The lowest BCUT2D eigenvalue weighted by atomic mass is 10.4. The standard InChI is InChI=1S/C8H6ClN5O/c1-2-3-15-14-7-5-4-10-13-6(5)11-8(9)12-7/h1,4H,3H2,(H2,10,11,12,13,14). The Kier molecular flexibility index (Phi) is 2.67. The predicted molar refractivity (Wildman–Crippen MR) is 55.1 cm³/mol. The highest BCUT2D eigenvalue weighted by molar-refractivity contribution is 6.28. The minimum atomic E-state index is 0.0959. The highest BCUT2D eigenvalue weighted by Crippen LogP contribution is 2.19. The molecule has 0 amide bonds. The number of fused-ring (bicyclic) bond motifs is 1. The second kappa shape index (κ2) is 4.13. The molecule has 6 nitrogen and oxygen atoms in total. The number of anilines is 1. The van der Waals surface area contributed by atoms with Gasteiger partial charge in [0.25, 0.3) is 0 Å². The van der Waals surface area contributed by atoms with Crippen molar-refractivity contribution in [2.45, 2.75) is 0 Å². The Morgan fingerprint density at radius 1 is 1.60 bits per heavy atom. The van der Waals surface area contributed by atoms with E-state index in [1.807, 2.05) is 0 Å². The minimum absolute atomic E-state index is 0.0959. The number of nitrogens with zero attached hydrogens (tertiary/aromatic N) is 3. The lowest BCUT2D eigenvalue weighted by Crippen LogP contribution is -2.04. The number of nitrogens with one attached hydrogen (secondary N) is 2. The van der Waals surface area contributed by atoms with Gasteiger partial charge in [0, 0.05) is 0 Å². The summed E-state index contributed by atoms with van der Waals surface area (Å²) < 4.78 is 0. The zero-order valence-electron chi connectivity index (χ0n) is 7.49.